The van der Waals surface area contributed by atoms with Crippen molar-refractivity contribution in [1.82, 2.24) is 14.7 Å². The van der Waals surface area contributed by atoms with Gasteiger partial charge < -0.3 is 28.9 Å². The second-order valence-corrected chi connectivity index (χ2v) is 14.2. The highest BCUT2D eigenvalue weighted by Crippen LogP contribution is 2.36. The number of cyclic esters (lactones) is 2. The monoisotopic (exact) mass is 631 g/mol. The third-order valence-electron chi connectivity index (χ3n) is 10.6. The molecule has 11 nitrogen and oxygen atoms in total. The number of carbonyl (C=O) groups is 5. The lowest BCUT2D eigenvalue weighted by Crippen LogP contribution is -2.38. The molecule has 0 bridgehead atoms. The summed E-state index contributed by atoms with van der Waals surface area (Å²) in [6, 6.07) is 0.471. The van der Waals surface area contributed by atoms with Crippen LogP contribution in [0.3, 0.4) is 0 Å². The fraction of sp³-hybridized carbons (Fsp3) is 0.794. The van der Waals surface area contributed by atoms with Crippen LogP contribution in [-0.4, -0.2) is 102 Å². The van der Waals surface area contributed by atoms with Gasteiger partial charge in [0.1, 0.15) is 18.3 Å². The summed E-state index contributed by atoms with van der Waals surface area (Å²) in [5.74, 6) is 2.04. The topological polar surface area (TPSA) is 123 Å². The van der Waals surface area contributed by atoms with Gasteiger partial charge in [-0.05, 0) is 50.4 Å². The summed E-state index contributed by atoms with van der Waals surface area (Å²) in [5.41, 5.74) is 0. The predicted molar refractivity (Wildman–Crippen MR) is 166 cm³/mol. The van der Waals surface area contributed by atoms with Gasteiger partial charge >= 0.3 is 11.9 Å². The van der Waals surface area contributed by atoms with Crippen LogP contribution in [0.5, 0.6) is 0 Å². The molecule has 6 aliphatic rings. The fourth-order valence-corrected chi connectivity index (χ4v) is 7.56. The van der Waals surface area contributed by atoms with Crippen molar-refractivity contribution in [3.05, 3.63) is 12.3 Å². The minimum Gasteiger partial charge on any atom is -0.493 e. The maximum absolute atomic E-state index is 12.0. The highest BCUT2D eigenvalue weighted by atomic mass is 16.6. The van der Waals surface area contributed by atoms with Crippen LogP contribution in [0, 0.1) is 23.7 Å². The van der Waals surface area contributed by atoms with Crippen LogP contribution in [0.1, 0.15) is 91.9 Å². The average Bonchev–Trinajstić information content (AvgIpc) is 3.83. The van der Waals surface area contributed by atoms with E-state index >= 15 is 0 Å². The van der Waals surface area contributed by atoms with Crippen molar-refractivity contribution < 1.29 is 38.2 Å². The number of carbonyl (C=O) groups excluding carboxylic acids is 5. The normalized spacial score (nSPS) is 34.7. The number of likely N-dealkylation sites (N-methyl/N-ethyl adjacent to an activating group) is 3. The predicted octanol–water partition coefficient (Wildman–Crippen LogP) is 3.69. The highest BCUT2D eigenvalue weighted by molar-refractivity contribution is 5.82. The van der Waals surface area contributed by atoms with E-state index in [1.165, 1.54) is 0 Å². The van der Waals surface area contributed by atoms with Crippen LogP contribution >= 0.6 is 0 Å². The number of rotatable bonds is 5. The molecule has 0 aromatic carbocycles. The van der Waals surface area contributed by atoms with E-state index in [0.717, 1.165) is 50.7 Å². The first kappa shape index (κ1) is 34.8. The van der Waals surface area contributed by atoms with E-state index < -0.39 is 0 Å². The molecule has 3 amide bonds. The molecule has 252 valence electrons. The maximum atomic E-state index is 12.0. The Labute approximate surface area is 267 Å². The zero-order chi connectivity index (χ0) is 33.2. The molecule has 0 radical (unpaired) electrons. The summed E-state index contributed by atoms with van der Waals surface area (Å²) in [7, 11) is 5.49. The van der Waals surface area contributed by atoms with Gasteiger partial charge in [0, 0.05) is 52.7 Å². The average molecular weight is 632 g/mol. The molecule has 6 saturated heterocycles. The van der Waals surface area contributed by atoms with Crippen LogP contribution in [0.15, 0.2) is 12.3 Å². The summed E-state index contributed by atoms with van der Waals surface area (Å²) >= 11 is 0. The van der Waals surface area contributed by atoms with Gasteiger partial charge in [-0.25, -0.2) is 0 Å². The molecule has 11 heteroatoms. The van der Waals surface area contributed by atoms with Gasteiger partial charge in [0.25, 0.3) is 0 Å². The Hall–Kier alpha value is -3.11. The Balaban J connectivity index is 0.000000155. The molecule has 0 spiro atoms. The van der Waals surface area contributed by atoms with E-state index in [1.54, 1.807) is 16.8 Å². The molecule has 6 aliphatic heterocycles. The van der Waals surface area contributed by atoms with Crippen molar-refractivity contribution in [2.24, 2.45) is 23.7 Å². The minimum atomic E-state index is -0.126. The molecule has 6 rings (SSSR count). The van der Waals surface area contributed by atoms with Crippen LogP contribution in [-0.2, 0) is 38.2 Å². The lowest BCUT2D eigenvalue weighted by atomic mass is 9.90. The van der Waals surface area contributed by atoms with Gasteiger partial charge in [-0.2, -0.15) is 0 Å². The van der Waals surface area contributed by atoms with Crippen molar-refractivity contribution in [3.63, 3.8) is 0 Å². The summed E-state index contributed by atoms with van der Waals surface area (Å²) in [4.78, 5) is 62.7. The van der Waals surface area contributed by atoms with E-state index in [1.807, 2.05) is 32.8 Å². The number of amides is 3. The van der Waals surface area contributed by atoms with E-state index in [-0.39, 0.29) is 77.9 Å². The van der Waals surface area contributed by atoms with Gasteiger partial charge in [-0.1, -0.05) is 34.3 Å². The fourth-order valence-electron chi connectivity index (χ4n) is 7.56. The first-order valence-corrected chi connectivity index (χ1v) is 16.7. The molecule has 0 N–H and O–H groups in total. The van der Waals surface area contributed by atoms with Crippen molar-refractivity contribution >= 4 is 29.7 Å². The van der Waals surface area contributed by atoms with Crippen LogP contribution in [0.2, 0.25) is 0 Å². The van der Waals surface area contributed by atoms with Gasteiger partial charge in [-0.15, -0.1) is 0 Å². The molecule has 8 atom stereocenters. The molecular formula is C34H53N3O8. The smallest absolute Gasteiger partial charge is 0.309 e. The third kappa shape index (κ3) is 7.83. The van der Waals surface area contributed by atoms with Crippen molar-refractivity contribution in [2.45, 2.75) is 128 Å². The third-order valence-corrected chi connectivity index (χ3v) is 10.6. The Kier molecular flexibility index (Phi) is 11.2. The lowest BCUT2D eigenvalue weighted by molar-refractivity contribution is -0.148. The Morgan fingerprint density at radius 2 is 1.13 bits per heavy atom. The molecule has 45 heavy (non-hydrogen) atoms. The van der Waals surface area contributed by atoms with E-state index in [4.69, 9.17) is 14.2 Å². The molecule has 0 saturated carbocycles. The van der Waals surface area contributed by atoms with Gasteiger partial charge in [0.15, 0.2) is 0 Å². The van der Waals surface area contributed by atoms with Crippen molar-refractivity contribution in [2.75, 3.05) is 21.1 Å². The number of ether oxygens (including phenoxy) is 3. The van der Waals surface area contributed by atoms with Gasteiger partial charge in [-0.3, -0.25) is 24.0 Å². The highest BCUT2D eigenvalue weighted by Gasteiger charge is 2.46. The molecular weight excluding hydrogens is 578 g/mol. The summed E-state index contributed by atoms with van der Waals surface area (Å²) < 4.78 is 16.2. The zero-order valence-corrected chi connectivity index (χ0v) is 28.2. The minimum absolute atomic E-state index is 0.00843. The quantitative estimate of drug-likeness (QED) is 0.421. The van der Waals surface area contributed by atoms with E-state index in [2.05, 4.69) is 20.4 Å². The summed E-state index contributed by atoms with van der Waals surface area (Å²) in [5, 5.41) is 0. The molecule has 0 aromatic rings. The Bertz CT molecular complexity index is 1150. The zero-order valence-electron chi connectivity index (χ0n) is 28.2. The lowest BCUT2D eigenvalue weighted by Gasteiger charge is -2.25. The van der Waals surface area contributed by atoms with Crippen LogP contribution in [0.25, 0.3) is 0 Å². The standard InChI is InChI=1S/2C12H19NO3.C10H15NO2/c1-7(2)8-6-9(13(3)12(8)15)10-4-5-11(14)16-10;1-7(2)8-6-10(16-12(8)15)9-4-5-11(14)13(9)3;1-7-3-5-9(13-7)8-4-6-10(12)11(8)2/h2*7-10H,4-6H2,1-3H3;8-9H,1,3-6H2,2H3/t2*8-,9-,10-;8-,9-/m000/s1. The first-order valence-electron chi connectivity index (χ1n) is 16.7. The van der Waals surface area contributed by atoms with Crippen molar-refractivity contribution in [3.8, 4) is 0 Å². The number of esters is 2. The number of hydrogen-bond donors (Lipinski definition) is 0. The molecule has 0 aromatic heterocycles. The summed E-state index contributed by atoms with van der Waals surface area (Å²) in [6.07, 6.45) is 7.85. The molecule has 6 fully saturated rings. The maximum Gasteiger partial charge on any atom is 0.309 e. The van der Waals surface area contributed by atoms with Crippen molar-refractivity contribution in [1.29, 1.82) is 0 Å². The summed E-state index contributed by atoms with van der Waals surface area (Å²) in [6.45, 7) is 12.0. The number of nitrogens with zero attached hydrogens (tertiary/aromatic N) is 3. The molecule has 0 unspecified atom stereocenters. The van der Waals surface area contributed by atoms with Gasteiger partial charge in [0.05, 0.1) is 29.8 Å². The number of likely N-dealkylation sites (tertiary alicyclic amines) is 3. The Morgan fingerprint density at radius 3 is 1.53 bits per heavy atom. The van der Waals surface area contributed by atoms with E-state index in [0.29, 0.717) is 31.1 Å². The van der Waals surface area contributed by atoms with E-state index in [9.17, 15) is 24.0 Å². The Morgan fingerprint density at radius 1 is 0.600 bits per heavy atom. The SMILES string of the molecule is C=C1CC[C@@H]([C@@H]2CCC(=O)N2C)O1.CC(C)[C@@H]1C[C@@H]([C@@H]2CCC(=O)N2C)OC1=O.CC(C)[C@@H]1C[C@@H]([C@@H]2CCC(=O)O2)N(C)C1=O. The number of hydrogen-bond acceptors (Lipinski definition) is 8. The second kappa shape index (κ2) is 14.5. The largest absolute Gasteiger partial charge is 0.493 e. The van der Waals surface area contributed by atoms with Gasteiger partial charge in [0.2, 0.25) is 17.7 Å². The number of allylic oxidation sites excluding steroid dienone is 1. The second-order valence-electron chi connectivity index (χ2n) is 14.2. The molecule has 0 aliphatic carbocycles. The first-order chi connectivity index (χ1) is 21.2. The molecule has 6 heterocycles. The van der Waals surface area contributed by atoms with Crippen LogP contribution in [0.4, 0.5) is 0 Å². The van der Waals surface area contributed by atoms with Crippen LogP contribution < -0.4 is 0 Å².